The van der Waals surface area contributed by atoms with Crippen LogP contribution in [0.2, 0.25) is 0 Å². The second kappa shape index (κ2) is 2.75. The molecule has 3 fully saturated rings. The zero-order chi connectivity index (χ0) is 9.92. The molecule has 0 aromatic carbocycles. The Kier molecular flexibility index (Phi) is 1.81. The van der Waals surface area contributed by atoms with Crippen LogP contribution in [0.25, 0.3) is 0 Å². The summed E-state index contributed by atoms with van der Waals surface area (Å²) in [7, 11) is 0. The van der Waals surface area contributed by atoms with Crippen LogP contribution in [0.1, 0.15) is 40.0 Å². The summed E-state index contributed by atoms with van der Waals surface area (Å²) in [5.74, 6) is 4.15. The fourth-order valence-electron chi connectivity index (χ4n) is 5.14. The van der Waals surface area contributed by atoms with Gasteiger partial charge in [-0.05, 0) is 54.9 Å². The summed E-state index contributed by atoms with van der Waals surface area (Å²) in [6, 6.07) is 0.860. The summed E-state index contributed by atoms with van der Waals surface area (Å²) in [4.78, 5) is 0. The Bertz CT molecular complexity index is 250. The van der Waals surface area contributed by atoms with Crippen molar-refractivity contribution in [3.8, 4) is 0 Å². The van der Waals surface area contributed by atoms with Crippen LogP contribution < -0.4 is 5.32 Å². The minimum atomic E-state index is 0.695. The number of hydrogen-bond acceptors (Lipinski definition) is 1. The third-order valence-corrected chi connectivity index (χ3v) is 5.74. The summed E-state index contributed by atoms with van der Waals surface area (Å²) < 4.78 is 0. The number of nitrogens with one attached hydrogen (secondary N) is 1. The Morgan fingerprint density at radius 3 is 2.79 bits per heavy atom. The molecule has 0 unspecified atom stereocenters. The topological polar surface area (TPSA) is 12.0 Å². The standard InChI is InChI=1S/C13H23N/c1-4-14-11-6-9-7-13(3)8(2)5-10(9)12(11)13/h8-12,14H,4-7H2,1-3H3/t8-,9+,10-,11-,12-,13-/m0/s1. The summed E-state index contributed by atoms with van der Waals surface area (Å²) in [6.07, 6.45) is 4.53. The van der Waals surface area contributed by atoms with E-state index in [2.05, 4.69) is 26.1 Å². The van der Waals surface area contributed by atoms with Gasteiger partial charge < -0.3 is 5.32 Å². The Morgan fingerprint density at radius 1 is 1.36 bits per heavy atom. The van der Waals surface area contributed by atoms with Gasteiger partial charge in [-0.2, -0.15) is 0 Å². The average Bonchev–Trinajstić information content (AvgIpc) is 2.65. The van der Waals surface area contributed by atoms with E-state index in [9.17, 15) is 0 Å². The van der Waals surface area contributed by atoms with Gasteiger partial charge in [0.25, 0.3) is 0 Å². The molecule has 1 nitrogen and oxygen atoms in total. The molecule has 0 aliphatic heterocycles. The van der Waals surface area contributed by atoms with Gasteiger partial charge >= 0.3 is 0 Å². The lowest BCUT2D eigenvalue weighted by molar-refractivity contribution is 0.103. The van der Waals surface area contributed by atoms with E-state index in [4.69, 9.17) is 0 Å². The fraction of sp³-hybridized carbons (Fsp3) is 1.00. The molecule has 1 N–H and O–H groups in total. The molecule has 0 radical (unpaired) electrons. The van der Waals surface area contributed by atoms with Crippen molar-refractivity contribution in [2.75, 3.05) is 6.54 Å². The molecule has 80 valence electrons. The molecule has 6 atom stereocenters. The van der Waals surface area contributed by atoms with Gasteiger partial charge in [0.05, 0.1) is 0 Å². The van der Waals surface area contributed by atoms with Crippen molar-refractivity contribution >= 4 is 0 Å². The molecule has 3 saturated carbocycles. The van der Waals surface area contributed by atoms with E-state index in [1.807, 2.05) is 0 Å². The molecule has 0 heterocycles. The molecule has 4 bridgehead atoms. The third kappa shape index (κ3) is 0.900. The van der Waals surface area contributed by atoms with E-state index in [1.54, 1.807) is 0 Å². The van der Waals surface area contributed by atoms with Crippen LogP contribution in [0.5, 0.6) is 0 Å². The maximum atomic E-state index is 3.72. The first-order valence-corrected chi connectivity index (χ1v) is 6.40. The van der Waals surface area contributed by atoms with Gasteiger partial charge in [0.15, 0.2) is 0 Å². The molecular weight excluding hydrogens is 170 g/mol. The van der Waals surface area contributed by atoms with Gasteiger partial charge in [-0.15, -0.1) is 0 Å². The predicted molar refractivity (Wildman–Crippen MR) is 59.1 cm³/mol. The van der Waals surface area contributed by atoms with E-state index in [-0.39, 0.29) is 0 Å². The van der Waals surface area contributed by atoms with Crippen molar-refractivity contribution in [2.45, 2.75) is 46.1 Å². The van der Waals surface area contributed by atoms with E-state index < -0.39 is 0 Å². The van der Waals surface area contributed by atoms with Gasteiger partial charge in [0.1, 0.15) is 0 Å². The zero-order valence-corrected chi connectivity index (χ0v) is 9.72. The quantitative estimate of drug-likeness (QED) is 0.711. The van der Waals surface area contributed by atoms with Crippen molar-refractivity contribution in [3.05, 3.63) is 0 Å². The lowest BCUT2D eigenvalue weighted by atomic mass is 9.67. The van der Waals surface area contributed by atoms with Crippen molar-refractivity contribution in [2.24, 2.45) is 29.1 Å². The molecule has 1 heteroatoms. The lowest BCUT2D eigenvalue weighted by Crippen LogP contribution is -2.43. The minimum absolute atomic E-state index is 0.695. The molecular formula is C13H23N. The summed E-state index contributed by atoms with van der Waals surface area (Å²) in [5, 5.41) is 3.72. The highest BCUT2D eigenvalue weighted by Gasteiger charge is 2.65. The van der Waals surface area contributed by atoms with Crippen LogP contribution in [0.4, 0.5) is 0 Å². The first kappa shape index (κ1) is 9.21. The predicted octanol–water partition coefficient (Wildman–Crippen LogP) is 2.67. The normalized spacial score (nSPS) is 59.8. The van der Waals surface area contributed by atoms with E-state index in [1.165, 1.54) is 19.3 Å². The van der Waals surface area contributed by atoms with Crippen molar-refractivity contribution in [1.82, 2.24) is 5.32 Å². The molecule has 3 aliphatic carbocycles. The summed E-state index contributed by atoms with van der Waals surface area (Å²) in [6.45, 7) is 8.45. The maximum Gasteiger partial charge on any atom is 0.0106 e. The zero-order valence-electron chi connectivity index (χ0n) is 9.72. The van der Waals surface area contributed by atoms with Crippen LogP contribution >= 0.6 is 0 Å². The van der Waals surface area contributed by atoms with Crippen LogP contribution in [0.3, 0.4) is 0 Å². The molecule has 0 saturated heterocycles. The van der Waals surface area contributed by atoms with Gasteiger partial charge in [0.2, 0.25) is 0 Å². The number of hydrogen-bond donors (Lipinski definition) is 1. The second-order valence-electron chi connectivity index (χ2n) is 6.20. The Morgan fingerprint density at radius 2 is 2.14 bits per heavy atom. The molecule has 0 aromatic rings. The molecule has 14 heavy (non-hydrogen) atoms. The first-order chi connectivity index (χ1) is 6.66. The third-order valence-electron chi connectivity index (χ3n) is 5.74. The van der Waals surface area contributed by atoms with Gasteiger partial charge in [-0.3, -0.25) is 0 Å². The van der Waals surface area contributed by atoms with Crippen LogP contribution in [0, 0.1) is 29.1 Å². The maximum absolute atomic E-state index is 3.72. The highest BCUT2D eigenvalue weighted by Crippen LogP contribution is 2.69. The van der Waals surface area contributed by atoms with Crippen molar-refractivity contribution in [1.29, 1.82) is 0 Å². The first-order valence-electron chi connectivity index (χ1n) is 6.40. The molecule has 0 spiro atoms. The van der Waals surface area contributed by atoms with E-state index in [0.29, 0.717) is 5.41 Å². The Labute approximate surface area is 87.7 Å². The Balaban J connectivity index is 1.87. The molecule has 3 aliphatic rings. The van der Waals surface area contributed by atoms with Crippen LogP contribution in [0.15, 0.2) is 0 Å². The summed E-state index contributed by atoms with van der Waals surface area (Å²) >= 11 is 0. The monoisotopic (exact) mass is 193 g/mol. The highest BCUT2D eigenvalue weighted by atomic mass is 15.0. The van der Waals surface area contributed by atoms with E-state index in [0.717, 1.165) is 36.3 Å². The molecule has 3 rings (SSSR count). The molecule has 0 amide bonds. The van der Waals surface area contributed by atoms with E-state index >= 15 is 0 Å². The minimum Gasteiger partial charge on any atom is -0.314 e. The van der Waals surface area contributed by atoms with Gasteiger partial charge in [0, 0.05) is 6.04 Å². The number of rotatable bonds is 2. The molecule has 0 aromatic heterocycles. The van der Waals surface area contributed by atoms with Crippen LogP contribution in [-0.2, 0) is 0 Å². The lowest BCUT2D eigenvalue weighted by Gasteiger charge is -2.41. The van der Waals surface area contributed by atoms with Gasteiger partial charge in [-0.25, -0.2) is 0 Å². The summed E-state index contributed by atoms with van der Waals surface area (Å²) in [5.41, 5.74) is 0.695. The Hall–Kier alpha value is -0.0400. The van der Waals surface area contributed by atoms with Gasteiger partial charge in [-0.1, -0.05) is 20.8 Å². The second-order valence-corrected chi connectivity index (χ2v) is 6.20. The van der Waals surface area contributed by atoms with Crippen molar-refractivity contribution in [3.63, 3.8) is 0 Å². The van der Waals surface area contributed by atoms with Crippen molar-refractivity contribution < 1.29 is 0 Å². The smallest absolute Gasteiger partial charge is 0.0106 e. The largest absolute Gasteiger partial charge is 0.314 e. The SMILES string of the molecule is CCN[C@H]1C[C@@H]2C[C@]3(C)[C@H]1[C@H]2C[C@@H]3C. The average molecular weight is 193 g/mol. The van der Waals surface area contributed by atoms with Crippen LogP contribution in [-0.4, -0.2) is 12.6 Å². The highest BCUT2D eigenvalue weighted by molar-refractivity contribution is 5.15. The fourth-order valence-corrected chi connectivity index (χ4v) is 5.14.